The summed E-state index contributed by atoms with van der Waals surface area (Å²) in [5, 5.41) is 12.3. The van der Waals surface area contributed by atoms with E-state index in [2.05, 4.69) is 5.32 Å². The van der Waals surface area contributed by atoms with Gasteiger partial charge in [0.25, 0.3) is 5.91 Å². The molecule has 2 N–H and O–H groups in total. The Labute approximate surface area is 207 Å². The van der Waals surface area contributed by atoms with E-state index in [-0.39, 0.29) is 16.8 Å². The highest BCUT2D eigenvalue weighted by Crippen LogP contribution is 2.19. The van der Waals surface area contributed by atoms with Gasteiger partial charge in [-0.2, -0.15) is 0 Å². The Hall–Kier alpha value is -4.66. The fourth-order valence-electron chi connectivity index (χ4n) is 3.29. The maximum atomic E-state index is 13.1. The standard InChI is InChI=1S/C27H25NO8/c1-16-6-4-8-18(14-16)26(32)35-22(24(29)28-20-10-12-21(34-3)13-11-20)23(25(30)31)36-27(33)19-9-5-7-17(2)15-19/h4-15,22-23H,1-3H3,(H,28,29)(H,30,31)/t22-,23-/m0/s1. The molecule has 2 atom stereocenters. The second kappa shape index (κ2) is 11.7. The summed E-state index contributed by atoms with van der Waals surface area (Å²) in [6.45, 7) is 3.51. The number of aryl methyl sites for hydroxylation is 2. The number of carboxylic acids is 1. The lowest BCUT2D eigenvalue weighted by molar-refractivity contribution is -0.157. The molecule has 0 unspecified atom stereocenters. The summed E-state index contributed by atoms with van der Waals surface area (Å²) in [6, 6.07) is 18.9. The zero-order chi connectivity index (χ0) is 26.2. The molecule has 186 valence electrons. The van der Waals surface area contributed by atoms with Crippen LogP contribution >= 0.6 is 0 Å². The quantitative estimate of drug-likeness (QED) is 0.433. The fraction of sp³-hybridized carbons (Fsp3) is 0.185. The predicted molar refractivity (Wildman–Crippen MR) is 130 cm³/mol. The number of rotatable bonds is 9. The van der Waals surface area contributed by atoms with E-state index in [1.54, 1.807) is 50.2 Å². The van der Waals surface area contributed by atoms with E-state index >= 15 is 0 Å². The van der Waals surface area contributed by atoms with E-state index in [1.165, 1.54) is 43.5 Å². The Morgan fingerprint density at radius 1 is 0.750 bits per heavy atom. The van der Waals surface area contributed by atoms with Crippen LogP contribution in [0.25, 0.3) is 0 Å². The minimum absolute atomic E-state index is 0.0839. The number of hydrogen-bond donors (Lipinski definition) is 2. The zero-order valence-corrected chi connectivity index (χ0v) is 19.9. The van der Waals surface area contributed by atoms with Crippen molar-refractivity contribution in [1.82, 2.24) is 0 Å². The van der Waals surface area contributed by atoms with E-state index in [0.717, 1.165) is 11.1 Å². The third kappa shape index (κ3) is 6.69. The van der Waals surface area contributed by atoms with Gasteiger partial charge in [-0.05, 0) is 62.4 Å². The summed E-state index contributed by atoms with van der Waals surface area (Å²) in [6.07, 6.45) is -4.11. The summed E-state index contributed by atoms with van der Waals surface area (Å²) in [4.78, 5) is 50.8. The molecule has 0 heterocycles. The van der Waals surface area contributed by atoms with E-state index in [9.17, 15) is 24.3 Å². The number of aliphatic carboxylic acids is 1. The third-order valence-electron chi connectivity index (χ3n) is 5.11. The number of carbonyl (C=O) groups excluding carboxylic acids is 3. The van der Waals surface area contributed by atoms with E-state index in [1.807, 2.05) is 0 Å². The molecule has 0 spiro atoms. The smallest absolute Gasteiger partial charge is 0.349 e. The van der Waals surface area contributed by atoms with E-state index in [0.29, 0.717) is 5.75 Å². The fourth-order valence-corrected chi connectivity index (χ4v) is 3.29. The van der Waals surface area contributed by atoms with Gasteiger partial charge < -0.3 is 24.6 Å². The van der Waals surface area contributed by atoms with Crippen LogP contribution in [0.1, 0.15) is 31.8 Å². The Bertz CT molecular complexity index is 1270. The number of esters is 2. The van der Waals surface area contributed by atoms with Crippen LogP contribution in [0.2, 0.25) is 0 Å². The second-order valence-corrected chi connectivity index (χ2v) is 7.95. The molecule has 3 aromatic rings. The van der Waals surface area contributed by atoms with Crippen LogP contribution in [0.3, 0.4) is 0 Å². The molecule has 0 aliphatic heterocycles. The Balaban J connectivity index is 1.91. The summed E-state index contributed by atoms with van der Waals surface area (Å²) in [5.41, 5.74) is 1.97. The topological polar surface area (TPSA) is 128 Å². The van der Waals surface area contributed by atoms with Crippen LogP contribution in [0.4, 0.5) is 5.69 Å². The Morgan fingerprint density at radius 2 is 1.25 bits per heavy atom. The molecule has 0 aliphatic carbocycles. The number of hydrogen-bond acceptors (Lipinski definition) is 7. The summed E-state index contributed by atoms with van der Waals surface area (Å²) in [5.74, 6) is -4.06. The van der Waals surface area contributed by atoms with E-state index in [4.69, 9.17) is 14.2 Å². The van der Waals surface area contributed by atoms with Gasteiger partial charge in [-0.1, -0.05) is 35.4 Å². The lowest BCUT2D eigenvalue weighted by Crippen LogP contribution is -2.48. The van der Waals surface area contributed by atoms with Gasteiger partial charge in [-0.3, -0.25) is 4.79 Å². The lowest BCUT2D eigenvalue weighted by Gasteiger charge is -2.23. The van der Waals surface area contributed by atoms with Crippen molar-refractivity contribution >= 4 is 29.5 Å². The van der Waals surface area contributed by atoms with Gasteiger partial charge in [0.15, 0.2) is 0 Å². The number of carboxylic acid groups (broad SMARTS) is 1. The second-order valence-electron chi connectivity index (χ2n) is 7.95. The van der Waals surface area contributed by atoms with Gasteiger partial charge >= 0.3 is 17.9 Å². The molecule has 0 saturated heterocycles. The predicted octanol–water partition coefficient (Wildman–Crippen LogP) is 3.79. The molecule has 0 radical (unpaired) electrons. The van der Waals surface area contributed by atoms with Crippen LogP contribution in [-0.4, -0.2) is 48.2 Å². The zero-order valence-electron chi connectivity index (χ0n) is 19.9. The minimum atomic E-state index is -2.12. The van der Waals surface area contributed by atoms with Gasteiger partial charge in [0, 0.05) is 5.69 Å². The number of methoxy groups -OCH3 is 1. The van der Waals surface area contributed by atoms with Crippen molar-refractivity contribution in [1.29, 1.82) is 0 Å². The maximum absolute atomic E-state index is 13.1. The number of ether oxygens (including phenoxy) is 3. The lowest BCUT2D eigenvalue weighted by atomic mass is 10.1. The normalized spacial score (nSPS) is 12.1. The van der Waals surface area contributed by atoms with Crippen molar-refractivity contribution in [2.75, 3.05) is 12.4 Å². The first-order chi connectivity index (χ1) is 17.2. The molecular weight excluding hydrogens is 466 g/mol. The van der Waals surface area contributed by atoms with Crippen molar-refractivity contribution in [3.63, 3.8) is 0 Å². The molecule has 3 aromatic carbocycles. The molecule has 36 heavy (non-hydrogen) atoms. The highest BCUT2D eigenvalue weighted by Gasteiger charge is 2.41. The van der Waals surface area contributed by atoms with Crippen molar-refractivity contribution in [2.45, 2.75) is 26.1 Å². The van der Waals surface area contributed by atoms with Crippen molar-refractivity contribution < 1.29 is 38.5 Å². The van der Waals surface area contributed by atoms with Crippen LogP contribution in [0.5, 0.6) is 5.75 Å². The first-order valence-corrected chi connectivity index (χ1v) is 10.9. The monoisotopic (exact) mass is 491 g/mol. The first-order valence-electron chi connectivity index (χ1n) is 10.9. The number of carbonyl (C=O) groups is 4. The minimum Gasteiger partial charge on any atom is -0.497 e. The van der Waals surface area contributed by atoms with Crippen molar-refractivity contribution in [3.05, 3.63) is 95.1 Å². The number of anilines is 1. The molecule has 0 fully saturated rings. The summed E-state index contributed by atoms with van der Waals surface area (Å²) >= 11 is 0. The number of benzene rings is 3. The van der Waals surface area contributed by atoms with Gasteiger partial charge in [-0.25, -0.2) is 14.4 Å². The summed E-state index contributed by atoms with van der Waals surface area (Å²) in [7, 11) is 1.48. The first kappa shape index (κ1) is 26.0. The third-order valence-corrected chi connectivity index (χ3v) is 5.11. The molecule has 3 rings (SSSR count). The Morgan fingerprint density at radius 3 is 1.69 bits per heavy atom. The van der Waals surface area contributed by atoms with Gasteiger partial charge in [0.05, 0.1) is 18.2 Å². The average Bonchev–Trinajstić information content (AvgIpc) is 2.86. The molecule has 9 nitrogen and oxygen atoms in total. The molecule has 0 bridgehead atoms. The molecule has 1 amide bonds. The van der Waals surface area contributed by atoms with Crippen LogP contribution in [0.15, 0.2) is 72.8 Å². The highest BCUT2D eigenvalue weighted by atomic mass is 16.6. The molecular formula is C27H25NO8. The highest BCUT2D eigenvalue weighted by molar-refractivity contribution is 6.01. The van der Waals surface area contributed by atoms with Crippen molar-refractivity contribution in [3.8, 4) is 5.75 Å². The largest absolute Gasteiger partial charge is 0.497 e. The van der Waals surface area contributed by atoms with Crippen LogP contribution < -0.4 is 10.1 Å². The van der Waals surface area contributed by atoms with Crippen molar-refractivity contribution in [2.24, 2.45) is 0 Å². The molecule has 9 heteroatoms. The van der Waals surface area contributed by atoms with Gasteiger partial charge in [-0.15, -0.1) is 0 Å². The average molecular weight is 491 g/mol. The van der Waals surface area contributed by atoms with Crippen LogP contribution in [-0.2, 0) is 19.1 Å². The summed E-state index contributed by atoms with van der Waals surface area (Å²) < 4.78 is 15.6. The van der Waals surface area contributed by atoms with Gasteiger partial charge in [0.2, 0.25) is 12.2 Å². The SMILES string of the molecule is COc1ccc(NC(=O)[C@@H](OC(=O)c2cccc(C)c2)[C@H](OC(=O)c2cccc(C)c2)C(=O)O)cc1. The van der Waals surface area contributed by atoms with Gasteiger partial charge in [0.1, 0.15) is 5.75 Å². The number of nitrogens with one attached hydrogen (secondary N) is 1. The molecule has 0 aromatic heterocycles. The van der Waals surface area contributed by atoms with Crippen LogP contribution in [0, 0.1) is 13.8 Å². The van der Waals surface area contributed by atoms with E-state index < -0.39 is 36.0 Å². The Kier molecular flexibility index (Phi) is 8.40. The molecule has 0 saturated carbocycles. The maximum Gasteiger partial charge on any atom is 0.349 e. The molecule has 0 aliphatic rings. The number of amides is 1.